The van der Waals surface area contributed by atoms with Gasteiger partial charge < -0.3 is 28.5 Å². The molecule has 18 aromatic rings. The molecular formula is C104H71ClN2O4. The summed E-state index contributed by atoms with van der Waals surface area (Å²) in [5, 5.41) is 8.83. The summed E-state index contributed by atoms with van der Waals surface area (Å²) in [5.74, 6) is 3.52. The molecule has 111 heavy (non-hydrogen) atoms. The minimum atomic E-state index is -0.574. The molecule has 0 saturated carbocycles. The molecule has 6 aliphatic rings. The van der Waals surface area contributed by atoms with Crippen LogP contribution in [0.5, 0.6) is 23.0 Å². The Morgan fingerprint density at radius 2 is 0.631 bits per heavy atom. The molecule has 24 rings (SSSR count). The lowest BCUT2D eigenvalue weighted by Crippen LogP contribution is -2.32. The molecule has 0 atom stereocenters. The van der Waals surface area contributed by atoms with Crippen molar-refractivity contribution in [2.45, 2.75) is 49.4 Å². The molecule has 2 spiro atoms. The normalized spacial score (nSPS) is 14.6. The van der Waals surface area contributed by atoms with Crippen LogP contribution in [0.2, 0.25) is 5.02 Å². The molecule has 7 heteroatoms. The molecule has 0 radical (unpaired) electrons. The summed E-state index contributed by atoms with van der Waals surface area (Å²) in [6.45, 7) is 9.32. The van der Waals surface area contributed by atoms with Gasteiger partial charge in [0.2, 0.25) is 0 Å². The van der Waals surface area contributed by atoms with E-state index in [1.807, 2.05) is 48.5 Å². The van der Waals surface area contributed by atoms with Crippen LogP contribution in [-0.4, -0.2) is 0 Å². The van der Waals surface area contributed by atoms with Gasteiger partial charge in [-0.25, -0.2) is 0 Å². The van der Waals surface area contributed by atoms with E-state index in [4.69, 9.17) is 29.9 Å². The third-order valence-corrected chi connectivity index (χ3v) is 24.8. The number of halogens is 1. The average molecular weight is 1450 g/mol. The molecule has 2 aromatic heterocycles. The third kappa shape index (κ3) is 9.32. The zero-order chi connectivity index (χ0) is 74.1. The molecule has 2 aliphatic heterocycles. The summed E-state index contributed by atoms with van der Waals surface area (Å²) in [6, 6.07) is 125. The van der Waals surface area contributed by atoms with Gasteiger partial charge in [0, 0.05) is 65.9 Å². The second-order valence-corrected chi connectivity index (χ2v) is 31.5. The highest BCUT2D eigenvalue weighted by molar-refractivity contribution is 6.30. The lowest BCUT2D eigenvalue weighted by atomic mass is 9.66. The fourth-order valence-corrected chi connectivity index (χ4v) is 20.0. The van der Waals surface area contributed by atoms with Crippen LogP contribution in [0.25, 0.3) is 88.4 Å². The molecule has 0 amide bonds. The number of nitrogens with zero attached hydrogens (tertiary/aromatic N) is 1. The van der Waals surface area contributed by atoms with E-state index in [1.54, 1.807) is 0 Å². The van der Waals surface area contributed by atoms with Crippen molar-refractivity contribution in [3.8, 4) is 67.5 Å². The highest BCUT2D eigenvalue weighted by atomic mass is 35.5. The van der Waals surface area contributed by atoms with Gasteiger partial charge in [-0.3, -0.25) is 0 Å². The number of rotatable bonds is 5. The van der Waals surface area contributed by atoms with Gasteiger partial charge in [0.15, 0.2) is 0 Å². The van der Waals surface area contributed by atoms with Crippen LogP contribution in [-0.2, 0) is 21.7 Å². The predicted molar refractivity (Wildman–Crippen MR) is 453 cm³/mol. The number of hydrogen-bond donors (Lipinski definition) is 1. The Bertz CT molecular complexity index is 6860. The van der Waals surface area contributed by atoms with Gasteiger partial charge in [0.1, 0.15) is 45.3 Å². The highest BCUT2D eigenvalue weighted by Crippen LogP contribution is 2.65. The molecule has 0 unspecified atom stereocenters. The summed E-state index contributed by atoms with van der Waals surface area (Å²) in [4.78, 5) is 2.44. The van der Waals surface area contributed by atoms with Gasteiger partial charge in [0.05, 0.1) is 33.0 Å². The fraction of sp³-hybridized carbons (Fsp3) is 0.0769. The maximum absolute atomic E-state index is 6.85. The molecule has 0 saturated heterocycles. The average Bonchev–Trinajstić information content (AvgIpc) is 1.55. The van der Waals surface area contributed by atoms with E-state index in [9.17, 15) is 0 Å². The molecular weight excluding hydrogens is 1380 g/mol. The van der Waals surface area contributed by atoms with Crippen molar-refractivity contribution in [1.82, 2.24) is 0 Å². The standard InChI is InChI=1S/C52H35NO2.C27H21NO.C25H15ClO/c1-51(2)39-18-7-3-14-34(39)37-28-26-32(30-43(37)51)53(45-22-13-25-49-50(45)38-17-6-11-23-46(38)54-49)33-27-29-48-44(31-33)52(42-21-10-12-24-47(42)55-48)40-19-8-4-15-35(40)36-16-5-9-20-41(36)52;1-27(2)21-10-5-3-8-18(21)19-15-14-17(16-22(19)27)28-23-11-7-13-25-26(23)20-9-4-6-12-24(20)29-25;26-16-13-14-24-22(15-16)25(21-11-5-6-12-23(21)27-24)19-9-3-1-7-17(19)18-8-2-4-10-20(18)25/h3-31H,1-2H3;3-16,28H,1-2H3;1-15H. The molecule has 528 valence electrons. The van der Waals surface area contributed by atoms with E-state index in [-0.39, 0.29) is 10.8 Å². The van der Waals surface area contributed by atoms with Gasteiger partial charge in [-0.2, -0.15) is 0 Å². The van der Waals surface area contributed by atoms with E-state index in [1.165, 1.54) is 89.0 Å². The summed E-state index contributed by atoms with van der Waals surface area (Å²) < 4.78 is 25.7. The van der Waals surface area contributed by atoms with Crippen molar-refractivity contribution in [2.75, 3.05) is 10.2 Å². The molecule has 4 aliphatic carbocycles. The van der Waals surface area contributed by atoms with Crippen molar-refractivity contribution in [2.24, 2.45) is 0 Å². The lowest BCUT2D eigenvalue weighted by molar-refractivity contribution is 0.436. The second kappa shape index (κ2) is 24.3. The van der Waals surface area contributed by atoms with E-state index in [0.29, 0.717) is 0 Å². The molecule has 6 nitrogen and oxygen atoms in total. The van der Waals surface area contributed by atoms with Gasteiger partial charge in [0.25, 0.3) is 0 Å². The van der Waals surface area contributed by atoms with E-state index in [2.05, 4.69) is 341 Å². The Labute approximate surface area is 648 Å². The Kier molecular flexibility index (Phi) is 14.2. The first-order valence-corrected chi connectivity index (χ1v) is 38.6. The zero-order valence-electron chi connectivity index (χ0n) is 61.4. The van der Waals surface area contributed by atoms with Crippen LogP contribution in [0.3, 0.4) is 0 Å². The number of para-hydroxylation sites is 4. The van der Waals surface area contributed by atoms with Gasteiger partial charge in [-0.05, 0) is 198 Å². The summed E-state index contributed by atoms with van der Waals surface area (Å²) >= 11 is 6.46. The van der Waals surface area contributed by atoms with Crippen molar-refractivity contribution in [3.63, 3.8) is 0 Å². The number of fused-ring (bicyclic) bond motifs is 30. The first-order chi connectivity index (χ1) is 54.5. The number of ether oxygens (including phenoxy) is 2. The third-order valence-electron chi connectivity index (χ3n) is 24.6. The van der Waals surface area contributed by atoms with Crippen LogP contribution in [0.4, 0.5) is 28.4 Å². The van der Waals surface area contributed by atoms with E-state index in [0.717, 1.165) is 123 Å². The van der Waals surface area contributed by atoms with Crippen LogP contribution < -0.4 is 19.7 Å². The Morgan fingerprint density at radius 3 is 1.16 bits per heavy atom. The van der Waals surface area contributed by atoms with Crippen molar-refractivity contribution in [3.05, 3.63) is 424 Å². The molecule has 1 N–H and O–H groups in total. The monoisotopic (exact) mass is 1450 g/mol. The molecule has 0 fully saturated rings. The van der Waals surface area contributed by atoms with Gasteiger partial charge in [-0.15, -0.1) is 0 Å². The SMILES string of the molecule is CC1(C)c2ccccc2-c2ccc(N(c3ccc4c(c3)C3(c5ccccc5O4)c4ccccc4-c4ccccc43)c3cccc4oc5ccccc5c34)cc21.CC1(C)c2ccccc2-c2ccc(Nc3cccc4oc5ccccc5c34)cc21.Clc1ccc2c(c1)C1(c3ccccc3O2)c2ccccc2-c2ccccc21. The van der Waals surface area contributed by atoms with Crippen LogP contribution in [0, 0.1) is 0 Å². The topological polar surface area (TPSA) is 60.0 Å². The van der Waals surface area contributed by atoms with Gasteiger partial charge in [-0.1, -0.05) is 282 Å². The Balaban J connectivity index is 0.000000113. The maximum Gasteiger partial charge on any atom is 0.137 e. The second-order valence-electron chi connectivity index (χ2n) is 31.0. The van der Waals surface area contributed by atoms with E-state index < -0.39 is 10.8 Å². The predicted octanol–water partition coefficient (Wildman–Crippen LogP) is 28.3. The summed E-state index contributed by atoms with van der Waals surface area (Å²) in [7, 11) is 0. The minimum Gasteiger partial charge on any atom is -0.457 e. The smallest absolute Gasteiger partial charge is 0.137 e. The minimum absolute atomic E-state index is 0.00202. The zero-order valence-corrected chi connectivity index (χ0v) is 62.2. The number of furan rings is 2. The number of nitrogens with one attached hydrogen (secondary N) is 1. The number of hydrogen-bond acceptors (Lipinski definition) is 6. The van der Waals surface area contributed by atoms with Crippen LogP contribution in [0.15, 0.2) is 361 Å². The number of anilines is 5. The molecule has 4 heterocycles. The first-order valence-electron chi connectivity index (χ1n) is 38.2. The quantitative estimate of drug-likeness (QED) is 0.185. The Hall–Kier alpha value is -13.4. The fourth-order valence-electron chi connectivity index (χ4n) is 19.8. The van der Waals surface area contributed by atoms with Crippen LogP contribution in [0.1, 0.15) is 94.5 Å². The van der Waals surface area contributed by atoms with Crippen LogP contribution >= 0.6 is 11.6 Å². The molecule has 16 aromatic carbocycles. The van der Waals surface area contributed by atoms with Crippen molar-refractivity contribution in [1.29, 1.82) is 0 Å². The largest absolute Gasteiger partial charge is 0.457 e. The lowest BCUT2D eigenvalue weighted by Gasteiger charge is -2.40. The van der Waals surface area contributed by atoms with Gasteiger partial charge >= 0.3 is 0 Å². The van der Waals surface area contributed by atoms with Crippen molar-refractivity contribution >= 4 is 83.9 Å². The molecule has 0 bridgehead atoms. The highest BCUT2D eigenvalue weighted by Gasteiger charge is 2.53. The van der Waals surface area contributed by atoms with E-state index >= 15 is 0 Å². The Morgan fingerprint density at radius 1 is 0.270 bits per heavy atom. The van der Waals surface area contributed by atoms with Crippen molar-refractivity contribution < 1.29 is 18.3 Å². The summed E-state index contributed by atoms with van der Waals surface area (Å²) in [5.41, 5.74) is 33.3. The first kappa shape index (κ1) is 64.8. The maximum atomic E-state index is 6.85. The summed E-state index contributed by atoms with van der Waals surface area (Å²) in [6.07, 6.45) is 0. The number of benzene rings is 16.